The van der Waals surface area contributed by atoms with E-state index in [0.29, 0.717) is 27.4 Å². The maximum absolute atomic E-state index is 11.8. The van der Waals surface area contributed by atoms with E-state index in [-0.39, 0.29) is 5.92 Å². The summed E-state index contributed by atoms with van der Waals surface area (Å²) < 4.78 is 0. The van der Waals surface area contributed by atoms with Crippen molar-refractivity contribution in [2.75, 3.05) is 0 Å². The third-order valence-corrected chi connectivity index (χ3v) is 3.78. The van der Waals surface area contributed by atoms with E-state index in [1.807, 2.05) is 13.8 Å². The number of benzene rings is 1. The van der Waals surface area contributed by atoms with Gasteiger partial charge in [0.15, 0.2) is 0 Å². The molecule has 2 rings (SSSR count). The van der Waals surface area contributed by atoms with Crippen molar-refractivity contribution in [1.29, 1.82) is 0 Å². The van der Waals surface area contributed by atoms with Crippen molar-refractivity contribution < 1.29 is 9.90 Å². The normalized spacial score (nSPS) is 11.6. The number of halogens is 1. The fraction of sp³-hybridized carbons (Fsp3) is 0.412. The number of aromatic nitrogens is 1. The predicted molar refractivity (Wildman–Crippen MR) is 86.3 cm³/mol. The molecule has 0 saturated carbocycles. The molecule has 1 heterocycles. The van der Waals surface area contributed by atoms with Gasteiger partial charge in [0.05, 0.1) is 16.1 Å². The van der Waals surface area contributed by atoms with E-state index in [2.05, 4.69) is 18.8 Å². The summed E-state index contributed by atoms with van der Waals surface area (Å²) in [6.45, 7) is 8.21. The molecule has 2 aromatic rings. The van der Waals surface area contributed by atoms with Gasteiger partial charge in [0.2, 0.25) is 0 Å². The predicted octanol–water partition coefficient (Wildman–Crippen LogP) is 4.91. The maximum atomic E-state index is 11.8. The fourth-order valence-electron chi connectivity index (χ4n) is 2.71. The summed E-state index contributed by atoms with van der Waals surface area (Å²) >= 11 is 6.22. The van der Waals surface area contributed by atoms with Crippen molar-refractivity contribution in [3.8, 4) is 0 Å². The minimum Gasteiger partial charge on any atom is -0.478 e. The largest absolute Gasteiger partial charge is 0.478 e. The molecule has 0 bridgehead atoms. The lowest BCUT2D eigenvalue weighted by Crippen LogP contribution is -2.12. The number of para-hydroxylation sites is 1. The molecular formula is C17H20ClNO2. The Kier molecular flexibility index (Phi) is 4.52. The Bertz CT molecular complexity index is 693. The van der Waals surface area contributed by atoms with Crippen LogP contribution in [-0.2, 0) is 6.42 Å². The van der Waals surface area contributed by atoms with E-state index < -0.39 is 5.97 Å². The molecule has 0 radical (unpaired) electrons. The first-order valence-corrected chi connectivity index (χ1v) is 7.55. The van der Waals surface area contributed by atoms with E-state index in [4.69, 9.17) is 11.6 Å². The monoisotopic (exact) mass is 305 g/mol. The Balaban J connectivity index is 2.91. The lowest BCUT2D eigenvalue weighted by molar-refractivity contribution is 0.0697. The van der Waals surface area contributed by atoms with Crippen molar-refractivity contribution in [1.82, 2.24) is 4.98 Å². The Morgan fingerprint density at radius 2 is 1.95 bits per heavy atom. The van der Waals surface area contributed by atoms with Crippen LogP contribution in [0.4, 0.5) is 0 Å². The van der Waals surface area contributed by atoms with Gasteiger partial charge in [-0.15, -0.1) is 0 Å². The zero-order valence-electron chi connectivity index (χ0n) is 12.8. The average Bonchev–Trinajstić information content (AvgIpc) is 2.37. The van der Waals surface area contributed by atoms with Crippen LogP contribution in [-0.4, -0.2) is 16.1 Å². The number of fused-ring (bicyclic) bond motifs is 1. The zero-order chi connectivity index (χ0) is 15.7. The summed E-state index contributed by atoms with van der Waals surface area (Å²) in [4.78, 5) is 16.5. The minimum atomic E-state index is -0.918. The number of nitrogens with zero attached hydrogens (tertiary/aromatic N) is 1. The van der Waals surface area contributed by atoms with Gasteiger partial charge in [-0.3, -0.25) is 4.98 Å². The molecule has 1 N–H and O–H groups in total. The van der Waals surface area contributed by atoms with Gasteiger partial charge in [0.1, 0.15) is 0 Å². The zero-order valence-corrected chi connectivity index (χ0v) is 13.5. The van der Waals surface area contributed by atoms with Gasteiger partial charge >= 0.3 is 5.97 Å². The fourth-order valence-corrected chi connectivity index (χ4v) is 2.93. The maximum Gasteiger partial charge on any atom is 0.336 e. The van der Waals surface area contributed by atoms with Gasteiger partial charge in [-0.1, -0.05) is 51.4 Å². The van der Waals surface area contributed by atoms with Crippen molar-refractivity contribution in [2.45, 2.75) is 40.0 Å². The van der Waals surface area contributed by atoms with Crippen LogP contribution in [0.5, 0.6) is 0 Å². The number of carboxylic acids is 1. The number of rotatable bonds is 4. The Morgan fingerprint density at radius 1 is 1.29 bits per heavy atom. The molecule has 0 aliphatic rings. The number of hydrogen-bond donors (Lipinski definition) is 1. The molecule has 21 heavy (non-hydrogen) atoms. The quantitative estimate of drug-likeness (QED) is 0.873. The second-order valence-electron chi connectivity index (χ2n) is 6.04. The Labute approximate surface area is 130 Å². The van der Waals surface area contributed by atoms with Crippen LogP contribution in [0.2, 0.25) is 5.02 Å². The van der Waals surface area contributed by atoms with Gasteiger partial charge in [-0.2, -0.15) is 0 Å². The van der Waals surface area contributed by atoms with Crippen LogP contribution < -0.4 is 0 Å². The van der Waals surface area contributed by atoms with Crippen LogP contribution in [0.25, 0.3) is 10.9 Å². The van der Waals surface area contributed by atoms with E-state index in [1.165, 1.54) is 0 Å². The molecule has 3 nitrogen and oxygen atoms in total. The van der Waals surface area contributed by atoms with E-state index in [0.717, 1.165) is 17.7 Å². The third-order valence-electron chi connectivity index (χ3n) is 3.48. The van der Waals surface area contributed by atoms with Gasteiger partial charge in [-0.25, -0.2) is 4.79 Å². The number of carboxylic acid groups (broad SMARTS) is 1. The molecular weight excluding hydrogens is 286 g/mol. The molecule has 0 aliphatic carbocycles. The number of carbonyl (C=O) groups is 1. The smallest absolute Gasteiger partial charge is 0.336 e. The van der Waals surface area contributed by atoms with Crippen molar-refractivity contribution >= 4 is 28.5 Å². The highest BCUT2D eigenvalue weighted by Crippen LogP contribution is 2.33. The van der Waals surface area contributed by atoms with Crippen molar-refractivity contribution in [3.63, 3.8) is 0 Å². The summed E-state index contributed by atoms with van der Waals surface area (Å²) in [5.41, 5.74) is 2.59. The summed E-state index contributed by atoms with van der Waals surface area (Å²) in [7, 11) is 0. The van der Waals surface area contributed by atoms with Crippen LogP contribution in [0.1, 0.15) is 55.2 Å². The first kappa shape index (κ1) is 15.8. The number of pyridine rings is 1. The molecule has 1 aromatic carbocycles. The molecule has 0 amide bonds. The lowest BCUT2D eigenvalue weighted by Gasteiger charge is -2.19. The second kappa shape index (κ2) is 6.02. The summed E-state index contributed by atoms with van der Waals surface area (Å²) in [6, 6.07) is 5.30. The summed E-state index contributed by atoms with van der Waals surface area (Å²) in [6.07, 6.45) is 0.745. The number of aromatic carboxylic acids is 1. The first-order chi connectivity index (χ1) is 9.82. The molecule has 0 unspecified atom stereocenters. The highest BCUT2D eigenvalue weighted by molar-refractivity contribution is 6.35. The Hall–Kier alpha value is -1.61. The van der Waals surface area contributed by atoms with Crippen LogP contribution >= 0.6 is 11.6 Å². The highest BCUT2D eigenvalue weighted by atomic mass is 35.5. The van der Waals surface area contributed by atoms with Crippen LogP contribution in [0.15, 0.2) is 18.2 Å². The lowest BCUT2D eigenvalue weighted by atomic mass is 9.89. The second-order valence-corrected chi connectivity index (χ2v) is 6.45. The number of hydrogen-bond acceptors (Lipinski definition) is 2. The SMILES string of the molecule is CC(C)Cc1nc2c(Cl)cccc2c(C(=O)O)c1C(C)C. The molecule has 112 valence electrons. The molecule has 1 aromatic heterocycles. The summed E-state index contributed by atoms with van der Waals surface area (Å²) in [5.74, 6) is -0.421. The van der Waals surface area contributed by atoms with E-state index >= 15 is 0 Å². The van der Waals surface area contributed by atoms with Gasteiger partial charge < -0.3 is 5.11 Å². The van der Waals surface area contributed by atoms with E-state index in [9.17, 15) is 9.90 Å². The Morgan fingerprint density at radius 3 is 2.48 bits per heavy atom. The average molecular weight is 306 g/mol. The van der Waals surface area contributed by atoms with Crippen molar-refractivity contribution in [2.24, 2.45) is 5.92 Å². The molecule has 0 atom stereocenters. The minimum absolute atomic E-state index is 0.0979. The van der Waals surface area contributed by atoms with Gasteiger partial charge in [-0.05, 0) is 29.9 Å². The third kappa shape index (κ3) is 3.03. The van der Waals surface area contributed by atoms with Gasteiger partial charge in [0.25, 0.3) is 0 Å². The molecule has 0 aliphatic heterocycles. The molecule has 0 saturated heterocycles. The van der Waals surface area contributed by atoms with Crippen molar-refractivity contribution in [3.05, 3.63) is 40.0 Å². The molecule has 0 fully saturated rings. The van der Waals surface area contributed by atoms with Crippen LogP contribution in [0, 0.1) is 5.92 Å². The molecule has 0 spiro atoms. The highest BCUT2D eigenvalue weighted by Gasteiger charge is 2.23. The van der Waals surface area contributed by atoms with Gasteiger partial charge in [0, 0.05) is 11.1 Å². The summed E-state index contributed by atoms with van der Waals surface area (Å²) in [5, 5.41) is 10.8. The molecule has 4 heteroatoms. The van der Waals surface area contributed by atoms with Crippen LogP contribution in [0.3, 0.4) is 0 Å². The van der Waals surface area contributed by atoms with E-state index in [1.54, 1.807) is 18.2 Å². The standard InChI is InChI=1S/C17H20ClNO2/c1-9(2)8-13-14(10(3)4)15(17(20)21)11-6-5-7-12(18)16(11)19-13/h5-7,9-10H,8H2,1-4H3,(H,20,21). The first-order valence-electron chi connectivity index (χ1n) is 7.17. The topological polar surface area (TPSA) is 50.2 Å².